The first kappa shape index (κ1) is 26.2. The average Bonchev–Trinajstić information content (AvgIpc) is 3.14. The lowest BCUT2D eigenvalue weighted by atomic mass is 9.96. The van der Waals surface area contributed by atoms with E-state index in [-0.39, 0.29) is 0 Å². The number of rotatable bonds is 4. The Hall–Kier alpha value is -6.26. The van der Waals surface area contributed by atoms with Crippen molar-refractivity contribution in [1.82, 2.24) is 19.9 Å². The highest BCUT2D eigenvalue weighted by Gasteiger charge is 2.15. The second kappa shape index (κ2) is 10.7. The Morgan fingerprint density at radius 3 is 1.52 bits per heavy atom. The van der Waals surface area contributed by atoms with Crippen molar-refractivity contribution in [1.29, 1.82) is 0 Å². The Bertz CT molecular complexity index is 2570. The Kier molecular flexibility index (Phi) is 6.10. The molecule has 0 saturated carbocycles. The summed E-state index contributed by atoms with van der Waals surface area (Å²) in [5.41, 5.74) is 5.24. The molecule has 0 fully saturated rings. The fourth-order valence-electron chi connectivity index (χ4n) is 6.40. The molecule has 4 heteroatoms. The van der Waals surface area contributed by atoms with E-state index >= 15 is 0 Å². The largest absolute Gasteiger partial charge is 0.264 e. The predicted octanol–water partition coefficient (Wildman–Crippen LogP) is 10.5. The van der Waals surface area contributed by atoms with E-state index in [1.807, 2.05) is 48.8 Å². The smallest absolute Gasteiger partial charge is 0.164 e. The third-order valence-corrected chi connectivity index (χ3v) is 8.75. The summed E-state index contributed by atoms with van der Waals surface area (Å²) in [6.07, 6.45) is 3.80. The summed E-state index contributed by atoms with van der Waals surface area (Å²) in [5.74, 6) is 1.93. The molecule has 0 spiro atoms. The molecular formula is C42H26N4. The summed E-state index contributed by atoms with van der Waals surface area (Å²) in [5, 5.41) is 9.29. The zero-order valence-corrected chi connectivity index (χ0v) is 24.8. The maximum absolute atomic E-state index is 5.09. The third kappa shape index (κ3) is 4.56. The van der Waals surface area contributed by atoms with E-state index in [0.717, 1.165) is 38.2 Å². The second-order valence-electron chi connectivity index (χ2n) is 11.6. The van der Waals surface area contributed by atoms with Crippen LogP contribution in [0.25, 0.3) is 88.4 Å². The number of hydrogen-bond donors (Lipinski definition) is 0. The van der Waals surface area contributed by atoms with Crippen molar-refractivity contribution in [3.05, 3.63) is 158 Å². The minimum atomic E-state index is 0.639. The Balaban J connectivity index is 1.22. The van der Waals surface area contributed by atoms with E-state index < -0.39 is 0 Å². The average molecular weight is 587 g/mol. The van der Waals surface area contributed by atoms with Gasteiger partial charge in [-0.15, -0.1) is 0 Å². The molecule has 0 amide bonds. The minimum absolute atomic E-state index is 0.639. The van der Waals surface area contributed by atoms with Crippen LogP contribution in [0, 0.1) is 0 Å². The van der Waals surface area contributed by atoms with Crippen LogP contribution in [0.2, 0.25) is 0 Å². The predicted molar refractivity (Wildman–Crippen MR) is 189 cm³/mol. The first-order chi connectivity index (χ1) is 22.8. The van der Waals surface area contributed by atoms with E-state index in [9.17, 15) is 0 Å². The fraction of sp³-hybridized carbons (Fsp3) is 0. The second-order valence-corrected chi connectivity index (χ2v) is 11.6. The standard InChI is InChI=1S/C42H26N4/c1-3-7-27(8-4-1)32-16-17-34-24-35(20-18-33(34)23-32)41-44-40(31-9-5-2-6-10-31)45-42(46-41)36-19-13-28-11-14-30-15-12-29-21-22-43-26-38(29)39(30)37(28)25-36/h1-26H. The van der Waals surface area contributed by atoms with Gasteiger partial charge in [-0.2, -0.15) is 0 Å². The monoisotopic (exact) mass is 586 g/mol. The highest BCUT2D eigenvalue weighted by molar-refractivity contribution is 6.20. The molecule has 0 radical (unpaired) electrons. The van der Waals surface area contributed by atoms with Crippen molar-refractivity contribution < 1.29 is 0 Å². The van der Waals surface area contributed by atoms with Crippen LogP contribution in [0.15, 0.2) is 158 Å². The highest BCUT2D eigenvalue weighted by atomic mass is 15.0. The van der Waals surface area contributed by atoms with Crippen molar-refractivity contribution in [3.63, 3.8) is 0 Å². The van der Waals surface area contributed by atoms with E-state index in [1.165, 1.54) is 32.7 Å². The van der Waals surface area contributed by atoms with Gasteiger partial charge in [0.2, 0.25) is 0 Å². The van der Waals surface area contributed by atoms with Gasteiger partial charge in [0, 0.05) is 34.5 Å². The Morgan fingerprint density at radius 1 is 0.326 bits per heavy atom. The van der Waals surface area contributed by atoms with Gasteiger partial charge in [-0.3, -0.25) is 4.98 Å². The van der Waals surface area contributed by atoms with Crippen LogP contribution in [0.1, 0.15) is 0 Å². The maximum Gasteiger partial charge on any atom is 0.164 e. The van der Waals surface area contributed by atoms with Crippen LogP contribution in [0.3, 0.4) is 0 Å². The lowest BCUT2D eigenvalue weighted by Gasteiger charge is -2.11. The molecule has 0 saturated heterocycles. The van der Waals surface area contributed by atoms with Crippen molar-refractivity contribution in [2.45, 2.75) is 0 Å². The third-order valence-electron chi connectivity index (χ3n) is 8.75. The summed E-state index contributed by atoms with van der Waals surface area (Å²) >= 11 is 0. The van der Waals surface area contributed by atoms with Gasteiger partial charge in [-0.25, -0.2) is 15.0 Å². The molecule has 9 rings (SSSR count). The highest BCUT2D eigenvalue weighted by Crippen LogP contribution is 2.35. The van der Waals surface area contributed by atoms with Crippen molar-refractivity contribution >= 4 is 43.1 Å². The number of hydrogen-bond acceptors (Lipinski definition) is 4. The van der Waals surface area contributed by atoms with Crippen LogP contribution in [-0.4, -0.2) is 19.9 Å². The first-order valence-corrected chi connectivity index (χ1v) is 15.4. The lowest BCUT2D eigenvalue weighted by molar-refractivity contribution is 1.08. The van der Waals surface area contributed by atoms with Crippen LogP contribution in [0.5, 0.6) is 0 Å². The van der Waals surface area contributed by atoms with Crippen molar-refractivity contribution in [3.8, 4) is 45.3 Å². The van der Waals surface area contributed by atoms with E-state index in [2.05, 4.69) is 114 Å². The van der Waals surface area contributed by atoms with Gasteiger partial charge < -0.3 is 0 Å². The van der Waals surface area contributed by atoms with Crippen molar-refractivity contribution in [2.75, 3.05) is 0 Å². The van der Waals surface area contributed by atoms with Crippen LogP contribution < -0.4 is 0 Å². The molecule has 0 bridgehead atoms. The summed E-state index contributed by atoms with van der Waals surface area (Å²) in [7, 11) is 0. The molecule has 214 valence electrons. The summed E-state index contributed by atoms with van der Waals surface area (Å²) in [6.45, 7) is 0. The number of fused-ring (bicyclic) bond motifs is 6. The summed E-state index contributed by atoms with van der Waals surface area (Å²) in [6, 6.07) is 50.9. The van der Waals surface area contributed by atoms with Gasteiger partial charge in [0.1, 0.15) is 0 Å². The normalized spacial score (nSPS) is 11.5. The Morgan fingerprint density at radius 2 is 0.826 bits per heavy atom. The molecule has 2 aromatic heterocycles. The summed E-state index contributed by atoms with van der Waals surface area (Å²) < 4.78 is 0. The SMILES string of the molecule is c1ccc(-c2ccc3cc(-c4nc(-c5ccccc5)nc(-c5ccc6ccc7ccc8ccncc8c7c6c5)n4)ccc3c2)cc1. The molecule has 4 nitrogen and oxygen atoms in total. The maximum atomic E-state index is 5.09. The van der Waals surface area contributed by atoms with E-state index in [4.69, 9.17) is 15.0 Å². The number of aromatic nitrogens is 4. The number of pyridine rings is 1. The molecule has 9 aromatic rings. The molecule has 46 heavy (non-hydrogen) atoms. The van der Waals surface area contributed by atoms with Gasteiger partial charge >= 0.3 is 0 Å². The van der Waals surface area contributed by atoms with Crippen LogP contribution in [-0.2, 0) is 0 Å². The molecule has 0 aliphatic rings. The van der Waals surface area contributed by atoms with E-state index in [1.54, 1.807) is 0 Å². The van der Waals surface area contributed by atoms with Gasteiger partial charge in [0.05, 0.1) is 0 Å². The van der Waals surface area contributed by atoms with Gasteiger partial charge in [0.25, 0.3) is 0 Å². The Labute approximate surface area is 265 Å². The van der Waals surface area contributed by atoms with Gasteiger partial charge in [-0.05, 0) is 73.1 Å². The zero-order chi connectivity index (χ0) is 30.5. The van der Waals surface area contributed by atoms with Gasteiger partial charge in [-0.1, -0.05) is 121 Å². The topological polar surface area (TPSA) is 51.6 Å². The molecule has 0 N–H and O–H groups in total. The molecule has 2 heterocycles. The molecular weight excluding hydrogens is 560 g/mol. The molecule has 0 aliphatic carbocycles. The molecule has 0 unspecified atom stereocenters. The quantitative estimate of drug-likeness (QED) is 0.193. The lowest BCUT2D eigenvalue weighted by Crippen LogP contribution is -2.00. The minimum Gasteiger partial charge on any atom is -0.264 e. The fourth-order valence-corrected chi connectivity index (χ4v) is 6.40. The van der Waals surface area contributed by atoms with Crippen LogP contribution >= 0.6 is 0 Å². The summed E-state index contributed by atoms with van der Waals surface area (Å²) in [4.78, 5) is 19.6. The number of nitrogens with zero attached hydrogens (tertiary/aromatic N) is 4. The zero-order valence-electron chi connectivity index (χ0n) is 24.8. The molecule has 0 aliphatic heterocycles. The first-order valence-electron chi connectivity index (χ1n) is 15.4. The van der Waals surface area contributed by atoms with E-state index in [0.29, 0.717) is 17.5 Å². The molecule has 0 atom stereocenters. The van der Waals surface area contributed by atoms with Crippen LogP contribution in [0.4, 0.5) is 0 Å². The molecule has 7 aromatic carbocycles. The number of benzene rings is 7. The van der Waals surface area contributed by atoms with Crippen molar-refractivity contribution in [2.24, 2.45) is 0 Å². The van der Waals surface area contributed by atoms with Gasteiger partial charge in [0.15, 0.2) is 17.5 Å².